The minimum absolute atomic E-state index is 0.0478. The van der Waals surface area contributed by atoms with E-state index in [4.69, 9.17) is 5.73 Å². The van der Waals surface area contributed by atoms with Crippen molar-refractivity contribution in [2.24, 2.45) is 5.73 Å². The van der Waals surface area contributed by atoms with Crippen molar-refractivity contribution in [3.8, 4) is 0 Å². The molecule has 0 bridgehead atoms. The summed E-state index contributed by atoms with van der Waals surface area (Å²) in [5, 5.41) is 2.72. The van der Waals surface area contributed by atoms with Crippen LogP contribution < -0.4 is 5.73 Å². The van der Waals surface area contributed by atoms with Gasteiger partial charge in [-0.25, -0.2) is 4.98 Å². The molecular formula is C15H20N4OS. The van der Waals surface area contributed by atoms with E-state index in [1.54, 1.807) is 17.3 Å². The molecule has 112 valence electrons. The molecule has 0 aliphatic heterocycles. The molecule has 1 amide bonds. The van der Waals surface area contributed by atoms with E-state index in [1.807, 2.05) is 31.4 Å². The molecule has 2 N–H and O–H groups in total. The van der Waals surface area contributed by atoms with Crippen molar-refractivity contribution < 1.29 is 4.79 Å². The Balaban J connectivity index is 2.15. The highest BCUT2D eigenvalue weighted by Gasteiger charge is 2.21. The van der Waals surface area contributed by atoms with Gasteiger partial charge in [0.25, 0.3) is 5.91 Å². The summed E-state index contributed by atoms with van der Waals surface area (Å²) < 4.78 is 0. The average Bonchev–Trinajstić information content (AvgIpc) is 2.94. The molecule has 0 saturated heterocycles. The molecule has 2 aromatic heterocycles. The summed E-state index contributed by atoms with van der Waals surface area (Å²) in [5.74, 6) is -0.0478. The van der Waals surface area contributed by atoms with Crippen molar-refractivity contribution in [1.82, 2.24) is 14.9 Å². The molecule has 0 unspecified atom stereocenters. The molecule has 0 saturated carbocycles. The van der Waals surface area contributed by atoms with Crippen LogP contribution in [0.25, 0.3) is 0 Å². The van der Waals surface area contributed by atoms with Gasteiger partial charge in [0, 0.05) is 36.8 Å². The highest BCUT2D eigenvalue weighted by Crippen LogP contribution is 2.16. The summed E-state index contributed by atoms with van der Waals surface area (Å²) in [5.41, 5.74) is 7.03. The van der Waals surface area contributed by atoms with Gasteiger partial charge in [-0.1, -0.05) is 6.07 Å². The average molecular weight is 304 g/mol. The molecule has 0 radical (unpaired) electrons. The van der Waals surface area contributed by atoms with Gasteiger partial charge in [-0.15, -0.1) is 11.3 Å². The molecule has 21 heavy (non-hydrogen) atoms. The number of carbonyl (C=O) groups excluding carboxylic acids is 1. The summed E-state index contributed by atoms with van der Waals surface area (Å²) >= 11 is 1.49. The number of nitrogens with zero attached hydrogens (tertiary/aromatic N) is 3. The Bertz CT molecular complexity index is 582. The topological polar surface area (TPSA) is 72.1 Å². The van der Waals surface area contributed by atoms with Crippen LogP contribution in [-0.4, -0.2) is 33.4 Å². The summed E-state index contributed by atoms with van der Waals surface area (Å²) in [6.07, 6.45) is 4.22. The highest BCUT2D eigenvalue weighted by molar-refractivity contribution is 7.09. The highest BCUT2D eigenvalue weighted by atomic mass is 32.1. The van der Waals surface area contributed by atoms with E-state index < -0.39 is 0 Å². The number of hydrogen-bond donors (Lipinski definition) is 1. The van der Waals surface area contributed by atoms with Gasteiger partial charge in [0.2, 0.25) is 0 Å². The van der Waals surface area contributed by atoms with E-state index in [0.717, 1.165) is 10.6 Å². The lowest BCUT2D eigenvalue weighted by Crippen LogP contribution is -2.36. The smallest absolute Gasteiger partial charge is 0.273 e. The van der Waals surface area contributed by atoms with Gasteiger partial charge >= 0.3 is 0 Å². The number of nitrogens with two attached hydrogens (primary N) is 1. The number of aromatic nitrogens is 2. The van der Waals surface area contributed by atoms with E-state index in [0.29, 0.717) is 25.2 Å². The third-order valence-electron chi connectivity index (χ3n) is 3.09. The molecule has 0 fully saturated rings. The van der Waals surface area contributed by atoms with E-state index in [2.05, 4.69) is 9.97 Å². The predicted octanol–water partition coefficient (Wildman–Crippen LogP) is 2.09. The van der Waals surface area contributed by atoms with Crippen LogP contribution in [0.5, 0.6) is 0 Å². The van der Waals surface area contributed by atoms with Crippen LogP contribution >= 0.6 is 11.3 Å². The van der Waals surface area contributed by atoms with E-state index in [9.17, 15) is 4.79 Å². The lowest BCUT2D eigenvalue weighted by Gasteiger charge is -2.26. The molecule has 2 heterocycles. The second kappa shape index (κ2) is 7.28. The second-order valence-corrected chi connectivity index (χ2v) is 6.00. The summed E-state index contributed by atoms with van der Waals surface area (Å²) in [4.78, 5) is 22.9. The molecule has 0 spiro atoms. The Morgan fingerprint density at radius 3 is 2.90 bits per heavy atom. The Kier molecular flexibility index (Phi) is 5.41. The molecule has 0 aromatic carbocycles. The maximum absolute atomic E-state index is 12.6. The molecular weight excluding hydrogens is 284 g/mol. The molecule has 0 atom stereocenters. The van der Waals surface area contributed by atoms with Crippen LogP contribution in [0.1, 0.15) is 34.9 Å². The zero-order valence-corrected chi connectivity index (χ0v) is 13.1. The third-order valence-corrected chi connectivity index (χ3v) is 4.00. The monoisotopic (exact) mass is 304 g/mol. The lowest BCUT2D eigenvalue weighted by molar-refractivity contribution is 0.0684. The molecule has 6 heteroatoms. The van der Waals surface area contributed by atoms with Gasteiger partial charge < -0.3 is 10.6 Å². The normalized spacial score (nSPS) is 10.9. The van der Waals surface area contributed by atoms with Crippen LogP contribution in [0, 0.1) is 0 Å². The largest absolute Gasteiger partial charge is 0.330 e. The van der Waals surface area contributed by atoms with Gasteiger partial charge in [-0.2, -0.15) is 0 Å². The van der Waals surface area contributed by atoms with Gasteiger partial charge in [-0.05, 0) is 32.0 Å². The minimum Gasteiger partial charge on any atom is -0.330 e. The third kappa shape index (κ3) is 4.09. The Morgan fingerprint density at radius 1 is 1.48 bits per heavy atom. The summed E-state index contributed by atoms with van der Waals surface area (Å²) in [6.45, 7) is 5.08. The Morgan fingerprint density at radius 2 is 2.29 bits per heavy atom. The quantitative estimate of drug-likeness (QED) is 0.887. The molecule has 5 nitrogen and oxygen atoms in total. The summed E-state index contributed by atoms with van der Waals surface area (Å²) in [7, 11) is 0. The van der Waals surface area contributed by atoms with Crippen LogP contribution in [0.4, 0.5) is 0 Å². The zero-order valence-electron chi connectivity index (χ0n) is 12.3. The number of hydrogen-bond acceptors (Lipinski definition) is 5. The van der Waals surface area contributed by atoms with Gasteiger partial charge in [0.05, 0.1) is 5.01 Å². The Labute approximate surface area is 128 Å². The Hall–Kier alpha value is -1.79. The number of pyridine rings is 1. The van der Waals surface area contributed by atoms with Crippen molar-refractivity contribution >= 4 is 17.2 Å². The fraction of sp³-hybridized carbons (Fsp3) is 0.400. The molecule has 0 aliphatic rings. The lowest BCUT2D eigenvalue weighted by atomic mass is 10.2. The van der Waals surface area contributed by atoms with Gasteiger partial charge in [0.15, 0.2) is 0 Å². The second-order valence-electron chi connectivity index (χ2n) is 5.05. The maximum atomic E-state index is 12.6. The van der Waals surface area contributed by atoms with Crippen LogP contribution in [0.15, 0.2) is 29.9 Å². The summed E-state index contributed by atoms with van der Waals surface area (Å²) in [6, 6.07) is 3.94. The number of carbonyl (C=O) groups is 1. The zero-order chi connectivity index (χ0) is 15.2. The van der Waals surface area contributed by atoms with Gasteiger partial charge in [0.1, 0.15) is 5.69 Å². The standard InChI is InChI=1S/C15H20N4OS/c1-11(2)19(9-12-4-3-7-17-8-12)15(20)13-10-21-14(18-13)5-6-16/h3-4,7-8,10-11H,5-6,9,16H2,1-2H3. The molecule has 0 aliphatic carbocycles. The van der Waals surface area contributed by atoms with E-state index >= 15 is 0 Å². The minimum atomic E-state index is -0.0478. The SMILES string of the molecule is CC(C)N(Cc1cccnc1)C(=O)c1csc(CCN)n1. The number of thiazole rings is 1. The number of amides is 1. The maximum Gasteiger partial charge on any atom is 0.273 e. The first-order valence-electron chi connectivity index (χ1n) is 6.96. The van der Waals surface area contributed by atoms with Crippen molar-refractivity contribution in [2.45, 2.75) is 32.9 Å². The molecule has 2 aromatic rings. The van der Waals surface area contributed by atoms with Crippen LogP contribution in [-0.2, 0) is 13.0 Å². The van der Waals surface area contributed by atoms with Crippen LogP contribution in [0.3, 0.4) is 0 Å². The van der Waals surface area contributed by atoms with Crippen molar-refractivity contribution in [2.75, 3.05) is 6.54 Å². The first kappa shape index (κ1) is 15.6. The first-order valence-corrected chi connectivity index (χ1v) is 7.84. The van der Waals surface area contributed by atoms with Crippen molar-refractivity contribution in [1.29, 1.82) is 0 Å². The fourth-order valence-corrected chi connectivity index (χ4v) is 2.76. The molecule has 2 rings (SSSR count). The number of rotatable bonds is 6. The van der Waals surface area contributed by atoms with Crippen LogP contribution in [0.2, 0.25) is 0 Å². The van der Waals surface area contributed by atoms with Crippen molar-refractivity contribution in [3.63, 3.8) is 0 Å². The van der Waals surface area contributed by atoms with Crippen molar-refractivity contribution in [3.05, 3.63) is 46.2 Å². The first-order chi connectivity index (χ1) is 10.1. The van der Waals surface area contributed by atoms with E-state index in [1.165, 1.54) is 11.3 Å². The van der Waals surface area contributed by atoms with E-state index in [-0.39, 0.29) is 11.9 Å². The predicted molar refractivity (Wildman–Crippen MR) is 84.1 cm³/mol. The van der Waals surface area contributed by atoms with Gasteiger partial charge in [-0.3, -0.25) is 9.78 Å². The fourth-order valence-electron chi connectivity index (χ4n) is 1.97.